The molecule has 0 bridgehead atoms. The van der Waals surface area contributed by atoms with Crippen molar-refractivity contribution < 1.29 is 22.7 Å². The number of aryl methyl sites for hydroxylation is 1. The van der Waals surface area contributed by atoms with Crippen LogP contribution in [0.5, 0.6) is 5.75 Å². The number of halogens is 3. The number of nitrogens with zero attached hydrogens (tertiary/aromatic N) is 6. The van der Waals surface area contributed by atoms with Gasteiger partial charge in [-0.05, 0) is 25.0 Å². The zero-order valence-corrected chi connectivity index (χ0v) is 19.4. The summed E-state index contributed by atoms with van der Waals surface area (Å²) in [6, 6.07) is 12.3. The van der Waals surface area contributed by atoms with Crippen LogP contribution in [0.4, 0.5) is 13.2 Å². The van der Waals surface area contributed by atoms with Gasteiger partial charge in [-0.25, -0.2) is 19.9 Å². The Morgan fingerprint density at radius 2 is 1.92 bits per heavy atom. The van der Waals surface area contributed by atoms with Gasteiger partial charge in [0.1, 0.15) is 17.3 Å². The molecule has 5 rings (SSSR count). The maximum atomic E-state index is 13.2. The summed E-state index contributed by atoms with van der Waals surface area (Å²) in [5.74, 6) is -0.0354. The molecule has 1 amide bonds. The van der Waals surface area contributed by atoms with Crippen molar-refractivity contribution in [2.45, 2.75) is 19.0 Å². The lowest BCUT2D eigenvalue weighted by Crippen LogP contribution is -2.42. The average Bonchev–Trinajstić information content (AvgIpc) is 3.23. The Balaban J connectivity index is 1.29. The van der Waals surface area contributed by atoms with Gasteiger partial charge in [0.05, 0.1) is 12.8 Å². The van der Waals surface area contributed by atoms with E-state index >= 15 is 0 Å². The Hall–Kier alpha value is -4.02. The molecule has 0 N–H and O–H groups in total. The van der Waals surface area contributed by atoms with E-state index < -0.39 is 11.9 Å². The summed E-state index contributed by atoms with van der Waals surface area (Å²) in [5.41, 5.74) is 0.965. The lowest BCUT2D eigenvalue weighted by molar-refractivity contribution is -0.142. The SMILES string of the molecule is Cn1c(-c2ccccc2)nc2nc(C(=O)N3CCCC(COc4cccnc4C(F)(F)F)C3)cnc21. The van der Waals surface area contributed by atoms with Gasteiger partial charge in [0.15, 0.2) is 17.0 Å². The molecule has 1 atom stereocenters. The van der Waals surface area contributed by atoms with Crippen LogP contribution in [0.25, 0.3) is 22.7 Å². The highest BCUT2D eigenvalue weighted by Crippen LogP contribution is 2.34. The number of benzene rings is 1. The van der Waals surface area contributed by atoms with Crippen LogP contribution in [0.1, 0.15) is 29.0 Å². The number of carbonyl (C=O) groups excluding carboxylic acids is 1. The second kappa shape index (κ2) is 9.56. The first-order valence-corrected chi connectivity index (χ1v) is 11.5. The number of carbonyl (C=O) groups is 1. The molecule has 0 spiro atoms. The van der Waals surface area contributed by atoms with Crippen LogP contribution in [-0.4, -0.2) is 55.0 Å². The van der Waals surface area contributed by atoms with E-state index in [9.17, 15) is 18.0 Å². The molecule has 1 aromatic carbocycles. The highest BCUT2D eigenvalue weighted by molar-refractivity contribution is 5.93. The highest BCUT2D eigenvalue weighted by atomic mass is 19.4. The molecule has 3 aromatic heterocycles. The number of alkyl halides is 3. The fourth-order valence-electron chi connectivity index (χ4n) is 4.38. The Morgan fingerprint density at radius 1 is 1.11 bits per heavy atom. The molecule has 1 unspecified atom stereocenters. The number of likely N-dealkylation sites (tertiary alicyclic amines) is 1. The summed E-state index contributed by atoms with van der Waals surface area (Å²) >= 11 is 0. The minimum Gasteiger partial charge on any atom is -0.491 e. The smallest absolute Gasteiger partial charge is 0.437 e. The van der Waals surface area contributed by atoms with E-state index in [0.717, 1.165) is 18.2 Å². The molecule has 186 valence electrons. The number of hydrogen-bond acceptors (Lipinski definition) is 6. The lowest BCUT2D eigenvalue weighted by Gasteiger charge is -2.32. The van der Waals surface area contributed by atoms with Gasteiger partial charge in [-0.3, -0.25) is 4.79 Å². The number of amides is 1. The summed E-state index contributed by atoms with van der Waals surface area (Å²) in [7, 11) is 1.84. The fourth-order valence-corrected chi connectivity index (χ4v) is 4.38. The number of piperidine rings is 1. The third-order valence-corrected chi connectivity index (χ3v) is 6.15. The minimum absolute atomic E-state index is 0.0456. The summed E-state index contributed by atoms with van der Waals surface area (Å²) in [5, 5.41) is 0. The van der Waals surface area contributed by atoms with Gasteiger partial charge < -0.3 is 14.2 Å². The number of hydrogen-bond donors (Lipinski definition) is 0. The van der Waals surface area contributed by atoms with Crippen molar-refractivity contribution in [3.05, 3.63) is 66.2 Å². The molecular formula is C25H23F3N6O2. The third kappa shape index (κ3) is 4.73. The van der Waals surface area contributed by atoms with Gasteiger partial charge in [0, 0.05) is 37.8 Å². The molecular weight excluding hydrogens is 473 g/mol. The normalized spacial score (nSPS) is 16.3. The number of imidazole rings is 1. The van der Waals surface area contributed by atoms with E-state index in [4.69, 9.17) is 4.74 Å². The standard InChI is InChI=1S/C25H23F3N6O2/c1-33-22(17-8-3-2-4-9-17)32-21-23(33)30-13-18(31-21)24(35)34-12-6-7-16(14-34)15-36-19-10-5-11-29-20(19)25(26,27)28/h2-5,8-11,13,16H,6-7,12,14-15H2,1H3. The van der Waals surface area contributed by atoms with E-state index in [1.165, 1.54) is 18.3 Å². The van der Waals surface area contributed by atoms with Crippen molar-refractivity contribution in [1.82, 2.24) is 29.4 Å². The predicted molar refractivity (Wildman–Crippen MR) is 125 cm³/mol. The maximum absolute atomic E-state index is 13.2. The van der Waals surface area contributed by atoms with Crippen LogP contribution in [0.3, 0.4) is 0 Å². The summed E-state index contributed by atoms with van der Waals surface area (Å²) in [6.07, 6.45) is -0.646. The topological polar surface area (TPSA) is 86.0 Å². The van der Waals surface area contributed by atoms with Crippen molar-refractivity contribution in [2.75, 3.05) is 19.7 Å². The Kier molecular flexibility index (Phi) is 6.29. The van der Waals surface area contributed by atoms with Crippen LogP contribution in [-0.2, 0) is 13.2 Å². The molecule has 1 aliphatic heterocycles. The minimum atomic E-state index is -4.60. The van der Waals surface area contributed by atoms with E-state index in [2.05, 4.69) is 19.9 Å². The summed E-state index contributed by atoms with van der Waals surface area (Å²) in [4.78, 5) is 31.7. The summed E-state index contributed by atoms with van der Waals surface area (Å²) < 4.78 is 46.9. The molecule has 0 saturated carbocycles. The van der Waals surface area contributed by atoms with Crippen LogP contribution in [0.2, 0.25) is 0 Å². The van der Waals surface area contributed by atoms with Gasteiger partial charge in [0.2, 0.25) is 0 Å². The van der Waals surface area contributed by atoms with Crippen LogP contribution < -0.4 is 4.74 Å². The molecule has 11 heteroatoms. The van der Waals surface area contributed by atoms with Crippen molar-refractivity contribution in [3.8, 4) is 17.1 Å². The first-order valence-electron chi connectivity index (χ1n) is 11.5. The second-order valence-electron chi connectivity index (χ2n) is 8.68. The zero-order valence-electron chi connectivity index (χ0n) is 19.4. The molecule has 8 nitrogen and oxygen atoms in total. The summed E-state index contributed by atoms with van der Waals surface area (Å²) in [6.45, 7) is 0.912. The Labute approximate surface area is 204 Å². The molecule has 1 saturated heterocycles. The highest BCUT2D eigenvalue weighted by Gasteiger charge is 2.36. The predicted octanol–water partition coefficient (Wildman–Crippen LogP) is 4.38. The number of ether oxygens (including phenoxy) is 1. The van der Waals surface area contributed by atoms with Gasteiger partial charge in [0.25, 0.3) is 5.91 Å². The van der Waals surface area contributed by atoms with Crippen LogP contribution in [0, 0.1) is 5.92 Å². The van der Waals surface area contributed by atoms with E-state index in [0.29, 0.717) is 36.6 Å². The fraction of sp³-hybridized carbons (Fsp3) is 0.320. The van der Waals surface area contributed by atoms with Crippen molar-refractivity contribution in [1.29, 1.82) is 0 Å². The number of fused-ring (bicyclic) bond motifs is 1. The Bertz CT molecular complexity index is 1390. The first-order chi connectivity index (χ1) is 17.3. The molecule has 4 heterocycles. The zero-order chi connectivity index (χ0) is 25.3. The molecule has 4 aromatic rings. The quantitative estimate of drug-likeness (QED) is 0.408. The monoisotopic (exact) mass is 496 g/mol. The van der Waals surface area contributed by atoms with Gasteiger partial charge in [-0.2, -0.15) is 13.2 Å². The van der Waals surface area contributed by atoms with Gasteiger partial charge in [-0.15, -0.1) is 0 Å². The first kappa shape index (κ1) is 23.7. The van der Waals surface area contributed by atoms with Crippen molar-refractivity contribution in [2.24, 2.45) is 13.0 Å². The average molecular weight is 496 g/mol. The molecule has 0 radical (unpaired) electrons. The molecule has 1 fully saturated rings. The van der Waals surface area contributed by atoms with Crippen LogP contribution in [0.15, 0.2) is 54.9 Å². The van der Waals surface area contributed by atoms with Crippen molar-refractivity contribution >= 4 is 17.2 Å². The second-order valence-corrected chi connectivity index (χ2v) is 8.68. The third-order valence-electron chi connectivity index (χ3n) is 6.15. The van der Waals surface area contributed by atoms with Gasteiger partial charge in [-0.1, -0.05) is 30.3 Å². The lowest BCUT2D eigenvalue weighted by atomic mass is 9.98. The largest absolute Gasteiger partial charge is 0.491 e. The molecule has 1 aliphatic rings. The Morgan fingerprint density at radius 3 is 2.69 bits per heavy atom. The maximum Gasteiger partial charge on any atom is 0.437 e. The van der Waals surface area contributed by atoms with E-state index in [-0.39, 0.29) is 29.9 Å². The van der Waals surface area contributed by atoms with E-state index in [1.807, 2.05) is 41.9 Å². The number of rotatable bonds is 5. The number of pyridine rings is 1. The number of aromatic nitrogens is 5. The van der Waals surface area contributed by atoms with Gasteiger partial charge >= 0.3 is 6.18 Å². The van der Waals surface area contributed by atoms with Crippen molar-refractivity contribution in [3.63, 3.8) is 0 Å². The van der Waals surface area contributed by atoms with Crippen LogP contribution >= 0.6 is 0 Å². The van der Waals surface area contributed by atoms with E-state index in [1.54, 1.807) is 4.90 Å². The molecule has 0 aliphatic carbocycles. The molecule has 36 heavy (non-hydrogen) atoms.